The van der Waals surface area contributed by atoms with Gasteiger partial charge < -0.3 is 38.6 Å². The van der Waals surface area contributed by atoms with E-state index in [9.17, 15) is 44.5 Å². The Balaban J connectivity index is 0.0000101. The fraction of sp³-hybridized carbons (Fsp3) is 0.444. The van der Waals surface area contributed by atoms with Crippen LogP contribution in [0.5, 0.6) is 5.75 Å². The molecule has 18 nitrogen and oxygen atoms in total. The van der Waals surface area contributed by atoms with Gasteiger partial charge in [0, 0.05) is 67.0 Å². The predicted octanol–water partition coefficient (Wildman–Crippen LogP) is 2.14. The third-order valence-electron chi connectivity index (χ3n) is 11.5. The Kier molecular flexibility index (Phi) is 20.5. The Morgan fingerprint density at radius 2 is 1.43 bits per heavy atom. The number of halogens is 1. The number of benzene rings is 3. The molecule has 1 atom stereocenters. The van der Waals surface area contributed by atoms with Gasteiger partial charge in [0.2, 0.25) is 17.8 Å². The van der Waals surface area contributed by atoms with Crippen LogP contribution in [0.15, 0.2) is 94.4 Å². The van der Waals surface area contributed by atoms with Gasteiger partial charge in [-0.2, -0.15) is 4.58 Å². The molecule has 0 radical (unpaired) electrons. The topological polar surface area (TPSA) is 264 Å². The van der Waals surface area contributed by atoms with Gasteiger partial charge in [-0.3, -0.25) is 19.4 Å². The number of alkyl halides is 1. The molecule has 0 saturated carbocycles. The number of phosphoric ester groups is 1. The maximum absolute atomic E-state index is 14.5. The molecule has 2 aliphatic rings. The maximum Gasteiger partial charge on any atom is 1.00 e. The van der Waals surface area contributed by atoms with Crippen molar-refractivity contribution in [1.82, 2.24) is 10.6 Å². The molecule has 0 spiro atoms. The van der Waals surface area contributed by atoms with Gasteiger partial charge in [0.15, 0.2) is 5.71 Å². The van der Waals surface area contributed by atoms with Crippen molar-refractivity contribution in [3.8, 4) is 5.75 Å². The molecule has 2 heterocycles. The van der Waals surface area contributed by atoms with E-state index in [0.29, 0.717) is 43.5 Å². The Labute approximate surface area is 439 Å². The van der Waals surface area contributed by atoms with Gasteiger partial charge in [-0.15, -0.1) is 0 Å². The zero-order chi connectivity index (χ0) is 49.4. The number of hydrogen-bond acceptors (Lipinski definition) is 13. The van der Waals surface area contributed by atoms with Crippen molar-refractivity contribution in [2.24, 2.45) is 0 Å². The number of nitrogens with one attached hydrogen (secondary N) is 2. The zero-order valence-corrected chi connectivity index (χ0v) is 44.5. The van der Waals surface area contributed by atoms with Crippen LogP contribution in [0.2, 0.25) is 0 Å². The number of fused-ring (bicyclic) bond motifs is 2. The molecule has 5 rings (SSSR count). The third kappa shape index (κ3) is 14.9. The average Bonchev–Trinajstić information content (AvgIpc) is 3.60. The van der Waals surface area contributed by atoms with E-state index in [2.05, 4.69) is 24.6 Å². The van der Waals surface area contributed by atoms with Gasteiger partial charge >= 0.3 is 59.2 Å². The molecule has 3 aromatic carbocycles. The molecule has 2 amide bonds. The van der Waals surface area contributed by atoms with Crippen molar-refractivity contribution < 1.29 is 124 Å². The Morgan fingerprint density at radius 1 is 0.838 bits per heavy atom. The van der Waals surface area contributed by atoms with Gasteiger partial charge in [0.1, 0.15) is 32.5 Å². The first kappa shape index (κ1) is 57.4. The maximum atomic E-state index is 14.5. The summed E-state index contributed by atoms with van der Waals surface area (Å²) in [6.45, 7) is 12.0. The van der Waals surface area contributed by atoms with Crippen molar-refractivity contribution in [3.05, 3.63) is 101 Å². The van der Waals surface area contributed by atoms with Crippen LogP contribution in [-0.4, -0.2) is 110 Å². The van der Waals surface area contributed by atoms with Crippen LogP contribution in [0.3, 0.4) is 0 Å². The summed E-state index contributed by atoms with van der Waals surface area (Å²) in [5, 5.41) is 5.22. The van der Waals surface area contributed by atoms with Crippen LogP contribution in [0.4, 0.5) is 15.8 Å². The van der Waals surface area contributed by atoms with Gasteiger partial charge in [0.05, 0.1) is 41.6 Å². The fourth-order valence-electron chi connectivity index (χ4n) is 8.16. The smallest absolute Gasteiger partial charge is 0.744 e. The summed E-state index contributed by atoms with van der Waals surface area (Å²) in [6, 6.07) is 13.4. The summed E-state index contributed by atoms with van der Waals surface area (Å²) < 4.78 is 114. The number of amides is 2. The number of hydrogen-bond donors (Lipinski definition) is 4. The van der Waals surface area contributed by atoms with Crippen molar-refractivity contribution in [1.29, 1.82) is 0 Å². The van der Waals surface area contributed by atoms with Crippen LogP contribution >= 0.6 is 7.82 Å². The third-order valence-corrected chi connectivity index (χ3v) is 13.6. The van der Waals surface area contributed by atoms with Crippen molar-refractivity contribution in [2.45, 2.75) is 87.1 Å². The normalized spacial score (nSPS) is 16.4. The molecule has 0 bridgehead atoms. The SMILES string of the molecule is CCN1/C(=C/C=C/C2=[N+](CCCCCC(=O)NCCOCCOCCNC(=O)C(F)c3ccc(OP(=O)(O)O)cc3)c3ccc(S(=O)(=O)[O-])cc3C2(C)C)C(C)(C)c2cc(S(=O)(=O)[O-])ccc21.[K+]. The number of anilines is 1. The summed E-state index contributed by atoms with van der Waals surface area (Å²) in [5.41, 5.74) is 3.33. The van der Waals surface area contributed by atoms with E-state index in [1.807, 2.05) is 52.8 Å². The minimum absolute atomic E-state index is 0. The monoisotopic (exact) mass is 1030 g/mol. The molecule has 0 aromatic heterocycles. The average molecular weight is 1030 g/mol. The predicted molar refractivity (Wildman–Crippen MR) is 244 cm³/mol. The van der Waals surface area contributed by atoms with E-state index < -0.39 is 51.0 Å². The van der Waals surface area contributed by atoms with E-state index in [1.165, 1.54) is 36.4 Å². The molecule has 68 heavy (non-hydrogen) atoms. The zero-order valence-electron chi connectivity index (χ0n) is 38.9. The van der Waals surface area contributed by atoms with Gasteiger partial charge in [-0.05, 0) is 93.3 Å². The number of likely N-dealkylation sites (N-methyl/N-ethyl adjacent to an activating group) is 1. The van der Waals surface area contributed by atoms with E-state index in [-0.39, 0.29) is 124 Å². The largest absolute Gasteiger partial charge is 1.00 e. The van der Waals surface area contributed by atoms with Crippen molar-refractivity contribution >= 4 is 57.0 Å². The van der Waals surface area contributed by atoms with E-state index in [1.54, 1.807) is 12.1 Å². The second kappa shape index (κ2) is 24.3. The molecule has 1 unspecified atom stereocenters. The summed E-state index contributed by atoms with van der Waals surface area (Å²) >= 11 is 0. The number of unbranched alkanes of at least 4 members (excludes halogenated alkanes) is 2. The summed E-state index contributed by atoms with van der Waals surface area (Å²) in [5.74, 6) is -1.23. The number of carbonyl (C=O) groups excluding carboxylic acids is 2. The van der Waals surface area contributed by atoms with E-state index in [4.69, 9.17) is 19.3 Å². The fourth-order valence-corrected chi connectivity index (χ4v) is 9.55. The van der Waals surface area contributed by atoms with E-state index in [0.717, 1.165) is 34.9 Å². The molecule has 0 fully saturated rings. The van der Waals surface area contributed by atoms with Gasteiger partial charge in [0.25, 0.3) is 5.91 Å². The summed E-state index contributed by atoms with van der Waals surface area (Å²) in [4.78, 5) is 43.8. The first-order valence-electron chi connectivity index (χ1n) is 21.6. The number of nitrogens with zero attached hydrogens (tertiary/aromatic N) is 2. The number of carbonyl (C=O) groups is 2. The van der Waals surface area contributed by atoms with Crippen LogP contribution in [0.25, 0.3) is 0 Å². The quantitative estimate of drug-likeness (QED) is 0.0329. The molecular formula is C45H57FKN4O14PS2. The minimum atomic E-state index is -4.76. The standard InChI is InChI=1S/C45H58FN4O14PS2.K/c1-6-49-37-20-18-33(66(56,57)58)29-35(37)44(2,3)39(49)11-10-12-40-45(4,5)36-30-34(67(59,60)61)19-21-38(36)50(40)24-9-7-8-13-41(51)47-22-25-62-27-28-63-26-23-48-43(52)42(46)31-14-16-32(17-15-31)64-65(53,54)55;/h10-12,14-21,29-30,42H,6-9,13,22-28H2,1-5H3,(H5-,47,48,51,52,53,54,55,56,57,58,59,60,61);/q;+1/p-1. The number of ether oxygens (including phenoxy) is 2. The minimum Gasteiger partial charge on any atom is -0.744 e. The Bertz CT molecular complexity index is 2670. The number of phosphoric acid groups is 1. The van der Waals surface area contributed by atoms with Crippen LogP contribution in [-0.2, 0) is 54.7 Å². The van der Waals surface area contributed by atoms with Crippen LogP contribution in [0, 0.1) is 0 Å². The van der Waals surface area contributed by atoms with E-state index >= 15 is 0 Å². The first-order valence-corrected chi connectivity index (χ1v) is 25.9. The van der Waals surface area contributed by atoms with Crippen molar-refractivity contribution in [2.75, 3.05) is 57.5 Å². The molecule has 2 aliphatic heterocycles. The summed E-state index contributed by atoms with van der Waals surface area (Å²) in [6.07, 6.45) is 6.07. The molecule has 3 aromatic rings. The molecule has 4 N–H and O–H groups in total. The number of allylic oxidation sites excluding steroid dienone is 4. The number of rotatable bonds is 24. The Hall–Kier alpha value is -3.19. The summed E-state index contributed by atoms with van der Waals surface area (Å²) in [7, 11) is -14.1. The second-order valence-corrected chi connectivity index (χ2v) is 20.8. The van der Waals surface area contributed by atoms with Gasteiger partial charge in [-0.1, -0.05) is 32.1 Å². The molecule has 23 heteroatoms. The molecule has 0 saturated heterocycles. The molecule has 366 valence electrons. The van der Waals surface area contributed by atoms with Crippen LogP contribution < -0.4 is 71.4 Å². The second-order valence-electron chi connectivity index (χ2n) is 16.9. The Morgan fingerprint density at radius 3 is 2.01 bits per heavy atom. The van der Waals surface area contributed by atoms with Crippen molar-refractivity contribution in [3.63, 3.8) is 0 Å². The first-order chi connectivity index (χ1) is 31.4. The van der Waals surface area contributed by atoms with Gasteiger partial charge in [-0.25, -0.2) is 25.8 Å². The molecular weight excluding hydrogens is 974 g/mol. The molecule has 0 aliphatic carbocycles. The van der Waals surface area contributed by atoms with Crippen LogP contribution in [0.1, 0.15) is 83.2 Å².